The zero-order chi connectivity index (χ0) is 20.9. The number of nitrogens with zero attached hydrogens (tertiary/aromatic N) is 3. The van der Waals surface area contributed by atoms with Crippen LogP contribution in [-0.4, -0.2) is 43.9 Å². The third-order valence-electron chi connectivity index (χ3n) is 3.94. The van der Waals surface area contributed by atoms with Gasteiger partial charge in [0.25, 0.3) is 0 Å². The maximum absolute atomic E-state index is 10.4. The average molecular weight is 433 g/mol. The Balaban J connectivity index is 1.68. The van der Waals surface area contributed by atoms with Crippen molar-refractivity contribution in [3.8, 4) is 11.5 Å². The summed E-state index contributed by atoms with van der Waals surface area (Å²) >= 11 is 1.07. The van der Waals surface area contributed by atoms with Crippen molar-refractivity contribution in [1.82, 2.24) is 9.36 Å². The summed E-state index contributed by atoms with van der Waals surface area (Å²) in [6.45, 7) is 0. The van der Waals surface area contributed by atoms with Gasteiger partial charge >= 0.3 is 0 Å². The van der Waals surface area contributed by atoms with Crippen LogP contribution in [0.15, 0.2) is 58.4 Å². The van der Waals surface area contributed by atoms with Gasteiger partial charge in [0.15, 0.2) is 5.04 Å². The van der Waals surface area contributed by atoms with Crippen molar-refractivity contribution in [2.75, 3.05) is 14.2 Å². The minimum Gasteiger partial charge on any atom is -0.497 e. The number of hydrogen-bond acceptors (Lipinski definition) is 9. The highest BCUT2D eigenvalue weighted by Gasteiger charge is 2.21. The molecule has 3 N–H and O–H groups in total. The second-order valence-corrected chi connectivity index (χ2v) is 8.61. The lowest BCUT2D eigenvalue weighted by Gasteiger charge is -2.30. The molecule has 3 rings (SSSR count). The molecule has 152 valence electrons. The zero-order valence-electron chi connectivity index (χ0n) is 15.8. The van der Waals surface area contributed by atoms with Crippen LogP contribution in [0.1, 0.15) is 11.4 Å². The van der Waals surface area contributed by atoms with Crippen molar-refractivity contribution in [3.05, 3.63) is 59.9 Å². The first-order valence-corrected chi connectivity index (χ1v) is 10.7. The number of methoxy groups -OCH3 is 2. The predicted molar refractivity (Wildman–Crippen MR) is 116 cm³/mol. The molecule has 0 aliphatic heterocycles. The summed E-state index contributed by atoms with van der Waals surface area (Å²) in [4.78, 5) is 8.60. The van der Waals surface area contributed by atoms with E-state index in [1.807, 2.05) is 24.3 Å². The third kappa shape index (κ3) is 5.18. The second-order valence-electron chi connectivity index (χ2n) is 5.87. The van der Waals surface area contributed by atoms with Gasteiger partial charge in [0.05, 0.1) is 25.3 Å². The molecule has 0 fully saturated rings. The van der Waals surface area contributed by atoms with Crippen LogP contribution in [0.4, 0.5) is 5.13 Å². The van der Waals surface area contributed by atoms with Gasteiger partial charge in [0.1, 0.15) is 17.3 Å². The maximum atomic E-state index is 10.4. The van der Waals surface area contributed by atoms with Gasteiger partial charge in [-0.15, -0.1) is 10.6 Å². The Kier molecular flexibility index (Phi) is 6.60. The van der Waals surface area contributed by atoms with E-state index in [-0.39, 0.29) is 4.90 Å². The fourth-order valence-corrected chi connectivity index (χ4v) is 3.92. The molecule has 0 amide bonds. The highest BCUT2D eigenvalue weighted by atomic mass is 32.3. The molecular weight excluding hydrogens is 412 g/mol. The highest BCUT2D eigenvalue weighted by molar-refractivity contribution is 8.38. The second kappa shape index (κ2) is 9.14. The molecule has 8 nitrogen and oxygen atoms in total. The number of aliphatic imine (C=N–C) groups is 1. The van der Waals surface area contributed by atoms with Crippen molar-refractivity contribution in [3.63, 3.8) is 0 Å². The van der Waals surface area contributed by atoms with Crippen LogP contribution in [0.5, 0.6) is 11.5 Å². The largest absolute Gasteiger partial charge is 0.497 e. The molecule has 0 bridgehead atoms. The van der Waals surface area contributed by atoms with E-state index >= 15 is 0 Å². The van der Waals surface area contributed by atoms with Crippen LogP contribution in [0.2, 0.25) is 0 Å². The Bertz CT molecular complexity index is 1020. The normalized spacial score (nSPS) is 12.1. The lowest BCUT2D eigenvalue weighted by Crippen LogP contribution is -2.11. The number of nitrogens with one attached hydrogen (secondary N) is 1. The van der Waals surface area contributed by atoms with E-state index in [1.54, 1.807) is 19.2 Å². The van der Waals surface area contributed by atoms with Crippen molar-refractivity contribution >= 4 is 38.5 Å². The SMILES string of the molecule is COc1ccc(S(O)(O)C(=N)C=Nc2nc(Cc3cccc(OC)c3)ns2)cc1. The first-order valence-electron chi connectivity index (χ1n) is 8.43. The van der Waals surface area contributed by atoms with Crippen molar-refractivity contribution in [2.45, 2.75) is 11.3 Å². The smallest absolute Gasteiger partial charge is 0.229 e. The van der Waals surface area contributed by atoms with Crippen LogP contribution in [0.25, 0.3) is 0 Å². The Morgan fingerprint density at radius 1 is 1.14 bits per heavy atom. The molecule has 0 aliphatic rings. The van der Waals surface area contributed by atoms with E-state index in [4.69, 9.17) is 14.9 Å². The lowest BCUT2D eigenvalue weighted by molar-refractivity contribution is 0.414. The van der Waals surface area contributed by atoms with Crippen molar-refractivity contribution in [2.24, 2.45) is 4.99 Å². The summed E-state index contributed by atoms with van der Waals surface area (Å²) in [5.74, 6) is 1.93. The van der Waals surface area contributed by atoms with Gasteiger partial charge in [-0.3, -0.25) is 14.5 Å². The average Bonchev–Trinajstić information content (AvgIpc) is 3.19. The van der Waals surface area contributed by atoms with Gasteiger partial charge in [-0.05, 0) is 42.0 Å². The Labute approximate surface area is 173 Å². The molecule has 1 heterocycles. The predicted octanol–water partition coefficient (Wildman–Crippen LogP) is 4.64. The molecule has 0 saturated carbocycles. The van der Waals surface area contributed by atoms with Crippen LogP contribution in [-0.2, 0) is 6.42 Å². The van der Waals surface area contributed by atoms with E-state index in [0.29, 0.717) is 23.1 Å². The summed E-state index contributed by atoms with van der Waals surface area (Å²) in [7, 11) is -0.333. The van der Waals surface area contributed by atoms with Crippen LogP contribution >= 0.6 is 22.1 Å². The molecule has 0 radical (unpaired) electrons. The fraction of sp³-hybridized carbons (Fsp3) is 0.158. The van der Waals surface area contributed by atoms with Gasteiger partial charge in [0, 0.05) is 18.0 Å². The van der Waals surface area contributed by atoms with Crippen LogP contribution in [0.3, 0.4) is 0 Å². The fourth-order valence-electron chi connectivity index (χ4n) is 2.41. The standard InChI is InChI=1S/C19H20N4O4S2/c1-26-14-6-8-16(9-7-14)29(24,25)17(20)12-21-19-22-18(23-28-19)11-13-4-3-5-15(10-13)27-2/h3-10,12,20,24-25H,11H2,1-2H3. The van der Waals surface area contributed by atoms with E-state index in [2.05, 4.69) is 14.3 Å². The van der Waals surface area contributed by atoms with E-state index < -0.39 is 15.6 Å². The number of benzene rings is 2. The molecule has 2 aromatic carbocycles. The third-order valence-corrected chi connectivity index (χ3v) is 6.25. The minimum atomic E-state index is -3.46. The summed E-state index contributed by atoms with van der Waals surface area (Å²) in [5, 5.41) is 7.93. The first kappa shape index (κ1) is 20.9. The van der Waals surface area contributed by atoms with Gasteiger partial charge < -0.3 is 9.47 Å². The van der Waals surface area contributed by atoms with Crippen molar-refractivity contribution in [1.29, 1.82) is 5.41 Å². The van der Waals surface area contributed by atoms with Gasteiger partial charge in [-0.2, -0.15) is 4.37 Å². The molecule has 0 spiro atoms. The molecule has 0 unspecified atom stereocenters. The number of ether oxygens (including phenoxy) is 2. The quantitative estimate of drug-likeness (QED) is 0.369. The summed E-state index contributed by atoms with van der Waals surface area (Å²) in [6.07, 6.45) is 1.61. The van der Waals surface area contributed by atoms with Gasteiger partial charge in [-0.25, -0.2) is 9.98 Å². The van der Waals surface area contributed by atoms with Gasteiger partial charge in [-0.1, -0.05) is 12.1 Å². The number of aromatic nitrogens is 2. The summed E-state index contributed by atoms with van der Waals surface area (Å²) in [5.41, 5.74) is 0.999. The molecule has 0 saturated heterocycles. The molecule has 0 atom stereocenters. The minimum absolute atomic E-state index is 0.214. The monoisotopic (exact) mass is 432 g/mol. The molecule has 10 heteroatoms. The Hall–Kier alpha value is -2.79. The zero-order valence-corrected chi connectivity index (χ0v) is 17.4. The van der Waals surface area contributed by atoms with Crippen molar-refractivity contribution < 1.29 is 18.6 Å². The van der Waals surface area contributed by atoms with E-state index in [0.717, 1.165) is 29.1 Å². The molecule has 3 aromatic rings. The van der Waals surface area contributed by atoms with Crippen LogP contribution < -0.4 is 9.47 Å². The van der Waals surface area contributed by atoms with Gasteiger partial charge in [0.2, 0.25) is 5.13 Å². The molecule has 0 aliphatic carbocycles. The van der Waals surface area contributed by atoms with E-state index in [9.17, 15) is 9.11 Å². The lowest BCUT2D eigenvalue weighted by atomic mass is 10.1. The summed E-state index contributed by atoms with van der Waals surface area (Å²) < 4.78 is 35.3. The highest BCUT2D eigenvalue weighted by Crippen LogP contribution is 2.48. The maximum Gasteiger partial charge on any atom is 0.229 e. The Morgan fingerprint density at radius 2 is 1.86 bits per heavy atom. The van der Waals surface area contributed by atoms with E-state index in [1.165, 1.54) is 19.2 Å². The number of rotatable bonds is 7. The molecule has 29 heavy (non-hydrogen) atoms. The molecule has 1 aromatic heterocycles. The summed E-state index contributed by atoms with van der Waals surface area (Å²) in [6, 6.07) is 13.8. The Morgan fingerprint density at radius 3 is 2.55 bits per heavy atom. The molecular formula is C19H20N4O4S2. The van der Waals surface area contributed by atoms with Crippen LogP contribution in [0, 0.1) is 5.41 Å². The number of hydrogen-bond donors (Lipinski definition) is 3. The first-order chi connectivity index (χ1) is 13.9. The topological polar surface area (TPSA) is 121 Å².